The van der Waals surface area contributed by atoms with Gasteiger partial charge in [0.25, 0.3) is 0 Å². The van der Waals surface area contributed by atoms with E-state index in [1.165, 1.54) is 10.3 Å². The van der Waals surface area contributed by atoms with Crippen molar-refractivity contribution >= 4 is 28.2 Å². The highest BCUT2D eigenvalue weighted by molar-refractivity contribution is 7.11. The average molecular weight is 327 g/mol. The molecule has 0 atom stereocenters. The summed E-state index contributed by atoms with van der Waals surface area (Å²) in [7, 11) is 1.79. The second kappa shape index (κ2) is 7.28. The SMILES string of the molecule is CN=C(NCCc1ncc(C)s1)NCc1cc2ccccc2[nH]1. The van der Waals surface area contributed by atoms with Crippen LogP contribution in [0.1, 0.15) is 15.6 Å². The Morgan fingerprint density at radius 2 is 2.17 bits per heavy atom. The lowest BCUT2D eigenvalue weighted by atomic mass is 10.2. The molecular weight excluding hydrogens is 306 g/mol. The van der Waals surface area contributed by atoms with Crippen molar-refractivity contribution < 1.29 is 0 Å². The normalized spacial score (nSPS) is 11.8. The second-order valence-corrected chi connectivity index (χ2v) is 6.67. The van der Waals surface area contributed by atoms with Gasteiger partial charge >= 0.3 is 0 Å². The van der Waals surface area contributed by atoms with Crippen molar-refractivity contribution in [1.29, 1.82) is 0 Å². The Morgan fingerprint density at radius 1 is 1.30 bits per heavy atom. The number of aryl methyl sites for hydroxylation is 1. The Labute approximate surface area is 139 Å². The predicted molar refractivity (Wildman–Crippen MR) is 97.1 cm³/mol. The number of hydrogen-bond acceptors (Lipinski definition) is 3. The molecule has 3 aromatic rings. The first kappa shape index (κ1) is 15.6. The standard InChI is InChI=1S/C17H21N5S/c1-12-10-20-16(23-12)7-8-19-17(18-2)21-11-14-9-13-5-3-4-6-15(13)22-14/h3-6,9-10,22H,7-8,11H2,1-2H3,(H2,18,19,21). The molecule has 0 fully saturated rings. The number of rotatable bonds is 5. The first-order valence-corrected chi connectivity index (χ1v) is 8.48. The zero-order valence-electron chi connectivity index (χ0n) is 13.4. The smallest absolute Gasteiger partial charge is 0.191 e. The van der Waals surface area contributed by atoms with Crippen LogP contribution in [0.5, 0.6) is 0 Å². The lowest BCUT2D eigenvalue weighted by Gasteiger charge is -2.10. The van der Waals surface area contributed by atoms with Gasteiger partial charge in [0.2, 0.25) is 0 Å². The Hall–Kier alpha value is -2.34. The van der Waals surface area contributed by atoms with Crippen molar-refractivity contribution in [3.63, 3.8) is 0 Å². The van der Waals surface area contributed by atoms with E-state index >= 15 is 0 Å². The summed E-state index contributed by atoms with van der Waals surface area (Å²) >= 11 is 1.74. The quantitative estimate of drug-likeness (QED) is 0.499. The minimum Gasteiger partial charge on any atom is -0.357 e. The molecule has 0 aliphatic rings. The highest BCUT2D eigenvalue weighted by Crippen LogP contribution is 2.14. The van der Waals surface area contributed by atoms with Crippen LogP contribution in [0, 0.1) is 6.92 Å². The molecule has 0 aliphatic carbocycles. The van der Waals surface area contributed by atoms with Crippen LogP contribution in [0.15, 0.2) is 41.5 Å². The van der Waals surface area contributed by atoms with E-state index in [1.807, 2.05) is 18.3 Å². The number of nitrogens with zero attached hydrogens (tertiary/aromatic N) is 2. The third kappa shape index (κ3) is 4.10. The zero-order valence-corrected chi connectivity index (χ0v) is 14.2. The van der Waals surface area contributed by atoms with Crippen LogP contribution in [0.4, 0.5) is 0 Å². The molecule has 0 bridgehead atoms. The van der Waals surface area contributed by atoms with E-state index in [1.54, 1.807) is 18.4 Å². The van der Waals surface area contributed by atoms with E-state index in [0.29, 0.717) is 6.54 Å². The number of benzene rings is 1. The Balaban J connectivity index is 1.49. The number of para-hydroxylation sites is 1. The van der Waals surface area contributed by atoms with Gasteiger partial charge in [-0.15, -0.1) is 11.3 Å². The van der Waals surface area contributed by atoms with Crippen LogP contribution in [0.25, 0.3) is 10.9 Å². The van der Waals surface area contributed by atoms with Crippen LogP contribution >= 0.6 is 11.3 Å². The number of aliphatic imine (C=N–C) groups is 1. The van der Waals surface area contributed by atoms with Crippen molar-refractivity contribution in [2.45, 2.75) is 19.9 Å². The number of thiazole rings is 1. The number of hydrogen-bond donors (Lipinski definition) is 3. The second-order valence-electron chi connectivity index (χ2n) is 5.35. The number of H-pyrrole nitrogens is 1. The Morgan fingerprint density at radius 3 is 2.91 bits per heavy atom. The molecule has 2 heterocycles. The predicted octanol–water partition coefficient (Wildman–Crippen LogP) is 2.84. The number of nitrogens with one attached hydrogen (secondary N) is 3. The molecule has 0 amide bonds. The fourth-order valence-electron chi connectivity index (χ4n) is 2.43. The van der Waals surface area contributed by atoms with Gasteiger partial charge in [-0.25, -0.2) is 4.98 Å². The molecule has 23 heavy (non-hydrogen) atoms. The van der Waals surface area contributed by atoms with Gasteiger partial charge in [0, 0.05) is 42.3 Å². The maximum absolute atomic E-state index is 4.37. The summed E-state index contributed by atoms with van der Waals surface area (Å²) < 4.78 is 0. The lowest BCUT2D eigenvalue weighted by molar-refractivity contribution is 0.785. The van der Waals surface area contributed by atoms with Gasteiger partial charge in [0.1, 0.15) is 0 Å². The van der Waals surface area contributed by atoms with Crippen molar-refractivity contribution in [3.05, 3.63) is 52.1 Å². The summed E-state index contributed by atoms with van der Waals surface area (Å²) in [6.07, 6.45) is 2.83. The third-order valence-electron chi connectivity index (χ3n) is 3.56. The van der Waals surface area contributed by atoms with E-state index in [-0.39, 0.29) is 0 Å². The summed E-state index contributed by atoms with van der Waals surface area (Å²) in [4.78, 5) is 13.3. The molecule has 0 saturated carbocycles. The van der Waals surface area contributed by atoms with Crippen LogP contribution in [0.2, 0.25) is 0 Å². The summed E-state index contributed by atoms with van der Waals surface area (Å²) in [5.74, 6) is 0.803. The Bertz CT molecular complexity index is 769. The number of fused-ring (bicyclic) bond motifs is 1. The highest BCUT2D eigenvalue weighted by atomic mass is 32.1. The van der Waals surface area contributed by atoms with E-state index < -0.39 is 0 Å². The summed E-state index contributed by atoms with van der Waals surface area (Å²) in [5.41, 5.74) is 2.30. The van der Waals surface area contributed by atoms with Gasteiger partial charge in [-0.1, -0.05) is 18.2 Å². The highest BCUT2D eigenvalue weighted by Gasteiger charge is 2.03. The fraction of sp³-hybridized carbons (Fsp3) is 0.294. The molecule has 0 radical (unpaired) electrons. The van der Waals surface area contributed by atoms with Crippen LogP contribution < -0.4 is 10.6 Å². The maximum atomic E-state index is 4.37. The molecule has 0 unspecified atom stereocenters. The van der Waals surface area contributed by atoms with Crippen molar-refractivity contribution in [3.8, 4) is 0 Å². The lowest BCUT2D eigenvalue weighted by Crippen LogP contribution is -2.37. The van der Waals surface area contributed by atoms with E-state index in [2.05, 4.69) is 50.7 Å². The van der Waals surface area contributed by atoms with Crippen LogP contribution in [-0.2, 0) is 13.0 Å². The molecule has 3 N–H and O–H groups in total. The molecule has 120 valence electrons. The van der Waals surface area contributed by atoms with Gasteiger partial charge in [-0.05, 0) is 24.4 Å². The van der Waals surface area contributed by atoms with Gasteiger partial charge in [0.05, 0.1) is 11.6 Å². The number of guanidine groups is 1. The molecule has 1 aromatic carbocycles. The zero-order chi connectivity index (χ0) is 16.1. The van der Waals surface area contributed by atoms with Crippen LogP contribution in [0.3, 0.4) is 0 Å². The fourth-order valence-corrected chi connectivity index (χ4v) is 3.22. The van der Waals surface area contributed by atoms with E-state index in [0.717, 1.165) is 35.1 Å². The minimum absolute atomic E-state index is 0.713. The average Bonchev–Trinajstić information content (AvgIpc) is 3.16. The first-order valence-electron chi connectivity index (χ1n) is 7.67. The maximum Gasteiger partial charge on any atom is 0.191 e. The van der Waals surface area contributed by atoms with Crippen LogP contribution in [-0.4, -0.2) is 29.5 Å². The van der Waals surface area contributed by atoms with Crippen molar-refractivity contribution in [2.24, 2.45) is 4.99 Å². The number of aromatic amines is 1. The molecular formula is C17H21N5S. The molecule has 0 aliphatic heterocycles. The summed E-state index contributed by atoms with van der Waals surface area (Å²) in [6, 6.07) is 10.4. The largest absolute Gasteiger partial charge is 0.357 e. The molecule has 6 heteroatoms. The third-order valence-corrected chi connectivity index (χ3v) is 4.53. The van der Waals surface area contributed by atoms with Gasteiger partial charge < -0.3 is 15.6 Å². The molecule has 0 saturated heterocycles. The molecule has 0 spiro atoms. The summed E-state index contributed by atoms with van der Waals surface area (Å²) in [5, 5.41) is 9.03. The molecule has 2 aromatic heterocycles. The monoisotopic (exact) mass is 327 g/mol. The summed E-state index contributed by atoms with van der Waals surface area (Å²) in [6.45, 7) is 3.61. The topological polar surface area (TPSA) is 65.1 Å². The molecule has 5 nitrogen and oxygen atoms in total. The van der Waals surface area contributed by atoms with Crippen molar-refractivity contribution in [1.82, 2.24) is 20.6 Å². The Kier molecular flexibility index (Phi) is 4.92. The van der Waals surface area contributed by atoms with Gasteiger partial charge in [-0.3, -0.25) is 4.99 Å². The minimum atomic E-state index is 0.713. The van der Waals surface area contributed by atoms with E-state index in [9.17, 15) is 0 Å². The number of aromatic nitrogens is 2. The van der Waals surface area contributed by atoms with Crippen molar-refractivity contribution in [2.75, 3.05) is 13.6 Å². The first-order chi connectivity index (χ1) is 11.2. The van der Waals surface area contributed by atoms with Gasteiger partial charge in [-0.2, -0.15) is 0 Å². The molecule has 3 rings (SSSR count). The van der Waals surface area contributed by atoms with Gasteiger partial charge in [0.15, 0.2) is 5.96 Å². The van der Waals surface area contributed by atoms with E-state index in [4.69, 9.17) is 0 Å².